The number of H-pyrrole nitrogens is 1. The van der Waals surface area contributed by atoms with Gasteiger partial charge in [-0.2, -0.15) is 10.1 Å². The summed E-state index contributed by atoms with van der Waals surface area (Å²) < 4.78 is 1.29. The molecule has 0 saturated carbocycles. The van der Waals surface area contributed by atoms with E-state index in [4.69, 9.17) is 0 Å². The molecule has 0 aliphatic heterocycles. The lowest BCUT2D eigenvalue weighted by Crippen LogP contribution is -2.18. The van der Waals surface area contributed by atoms with E-state index in [1.807, 2.05) is 0 Å². The lowest BCUT2D eigenvalue weighted by Gasteiger charge is -1.99. The second-order valence-corrected chi connectivity index (χ2v) is 2.23. The first-order valence-corrected chi connectivity index (χ1v) is 3.51. The average molecular weight is 178 g/mol. The van der Waals surface area contributed by atoms with E-state index in [1.165, 1.54) is 29.6 Å². The number of carbonyl (C=O) groups is 1. The minimum absolute atomic E-state index is 0.304. The van der Waals surface area contributed by atoms with Crippen LogP contribution in [0.2, 0.25) is 0 Å². The number of hydrogen-bond donors (Lipinski definition) is 2. The van der Waals surface area contributed by atoms with Gasteiger partial charge < -0.3 is 0 Å². The molecular weight excluding hydrogens is 172 g/mol. The van der Waals surface area contributed by atoms with Crippen LogP contribution in [-0.4, -0.2) is 30.8 Å². The molecule has 0 aliphatic carbocycles. The third kappa shape index (κ3) is 1.53. The van der Waals surface area contributed by atoms with Crippen molar-refractivity contribution in [2.45, 2.75) is 0 Å². The van der Waals surface area contributed by atoms with Gasteiger partial charge in [-0.1, -0.05) is 0 Å². The van der Waals surface area contributed by atoms with Crippen molar-refractivity contribution in [3.8, 4) is 0 Å². The van der Waals surface area contributed by atoms with Crippen molar-refractivity contribution in [2.75, 3.05) is 5.32 Å². The van der Waals surface area contributed by atoms with E-state index in [-0.39, 0.29) is 6.03 Å². The smallest absolute Gasteiger partial charge is 0.276 e. The van der Waals surface area contributed by atoms with Crippen molar-refractivity contribution < 1.29 is 4.79 Å². The molecule has 0 aliphatic rings. The highest BCUT2D eigenvalue weighted by atomic mass is 16.2. The summed E-state index contributed by atoms with van der Waals surface area (Å²) in [5, 5.41) is 8.56. The normalized spacial score (nSPS) is 9.85. The zero-order chi connectivity index (χ0) is 9.10. The van der Waals surface area contributed by atoms with Crippen LogP contribution in [0.25, 0.3) is 0 Å². The Morgan fingerprint density at radius 1 is 1.62 bits per heavy atom. The maximum atomic E-state index is 11.3. The predicted molar refractivity (Wildman–Crippen MR) is 43.0 cm³/mol. The van der Waals surface area contributed by atoms with E-state index >= 15 is 0 Å². The maximum absolute atomic E-state index is 11.3. The van der Waals surface area contributed by atoms with Crippen LogP contribution in [-0.2, 0) is 0 Å². The highest BCUT2D eigenvalue weighted by molar-refractivity contribution is 5.88. The molecule has 2 rings (SSSR count). The second-order valence-electron chi connectivity index (χ2n) is 2.23. The molecule has 7 heteroatoms. The van der Waals surface area contributed by atoms with Crippen molar-refractivity contribution in [3.05, 3.63) is 25.0 Å². The number of anilines is 1. The first-order valence-electron chi connectivity index (χ1n) is 3.51. The Morgan fingerprint density at radius 3 is 3.15 bits per heavy atom. The number of aromatic nitrogens is 5. The fraction of sp³-hybridized carbons (Fsp3) is 0. The Balaban J connectivity index is 2.08. The summed E-state index contributed by atoms with van der Waals surface area (Å²) in [7, 11) is 0. The van der Waals surface area contributed by atoms with Crippen molar-refractivity contribution >= 4 is 12.0 Å². The fourth-order valence-corrected chi connectivity index (χ4v) is 0.811. The number of imidazole rings is 1. The van der Waals surface area contributed by atoms with Gasteiger partial charge in [0.25, 0.3) is 0 Å². The molecule has 0 atom stereocenters. The zero-order valence-electron chi connectivity index (χ0n) is 6.51. The number of amides is 1. The van der Waals surface area contributed by atoms with Crippen molar-refractivity contribution in [3.63, 3.8) is 0 Å². The SMILES string of the molecule is O=C(Nc1ncn[nH]1)n1ccnc1. The van der Waals surface area contributed by atoms with E-state index in [2.05, 4.69) is 25.5 Å². The van der Waals surface area contributed by atoms with E-state index < -0.39 is 0 Å². The first-order chi connectivity index (χ1) is 6.36. The van der Waals surface area contributed by atoms with Crippen LogP contribution in [0.4, 0.5) is 10.7 Å². The zero-order valence-corrected chi connectivity index (χ0v) is 6.51. The Bertz CT molecular complexity index is 377. The largest absolute Gasteiger partial charge is 0.333 e. The minimum atomic E-state index is -0.339. The van der Waals surface area contributed by atoms with Gasteiger partial charge >= 0.3 is 6.03 Å². The van der Waals surface area contributed by atoms with Crippen molar-refractivity contribution in [1.29, 1.82) is 0 Å². The molecular formula is C6H6N6O. The molecule has 1 amide bonds. The Labute approximate surface area is 72.8 Å². The molecule has 2 aromatic heterocycles. The number of carbonyl (C=O) groups excluding carboxylic acids is 1. The van der Waals surface area contributed by atoms with Gasteiger partial charge in [0.05, 0.1) is 0 Å². The van der Waals surface area contributed by atoms with E-state index in [0.29, 0.717) is 5.95 Å². The van der Waals surface area contributed by atoms with E-state index in [1.54, 1.807) is 0 Å². The molecule has 66 valence electrons. The molecule has 0 bridgehead atoms. The lowest BCUT2D eigenvalue weighted by atomic mass is 10.8. The van der Waals surface area contributed by atoms with Crippen LogP contribution in [0, 0.1) is 0 Å². The molecule has 0 radical (unpaired) electrons. The Kier molecular flexibility index (Phi) is 1.75. The van der Waals surface area contributed by atoms with Crippen LogP contribution in [0.3, 0.4) is 0 Å². The summed E-state index contributed by atoms with van der Waals surface area (Å²) in [5.74, 6) is 0.304. The second kappa shape index (κ2) is 3.05. The molecule has 0 saturated heterocycles. The average Bonchev–Trinajstić information content (AvgIpc) is 2.74. The molecule has 0 unspecified atom stereocenters. The Hall–Kier alpha value is -2.18. The van der Waals surface area contributed by atoms with Gasteiger partial charge in [0.1, 0.15) is 12.7 Å². The summed E-state index contributed by atoms with van der Waals surface area (Å²) in [6, 6.07) is -0.339. The molecule has 2 N–H and O–H groups in total. The molecule has 2 aromatic rings. The molecule has 7 nitrogen and oxygen atoms in total. The summed E-state index contributed by atoms with van der Waals surface area (Å²) in [5.41, 5.74) is 0. The van der Waals surface area contributed by atoms with Crippen LogP contribution in [0.1, 0.15) is 0 Å². The van der Waals surface area contributed by atoms with E-state index in [9.17, 15) is 4.79 Å². The maximum Gasteiger partial charge on any atom is 0.333 e. The van der Waals surface area contributed by atoms with E-state index in [0.717, 1.165) is 0 Å². The standard InChI is InChI=1S/C6H6N6O/c13-6(12-2-1-7-4-12)10-5-8-3-9-11-5/h1-4H,(H2,8,9,10,11,13). The number of aromatic amines is 1. The van der Waals surface area contributed by atoms with Gasteiger partial charge in [0.15, 0.2) is 0 Å². The van der Waals surface area contributed by atoms with Crippen LogP contribution in [0.5, 0.6) is 0 Å². The predicted octanol–water partition coefficient (Wildman–Crippen LogP) is 0.0814. The summed E-state index contributed by atoms with van der Waals surface area (Å²) in [6.45, 7) is 0. The van der Waals surface area contributed by atoms with Gasteiger partial charge in [0, 0.05) is 12.4 Å². The summed E-state index contributed by atoms with van der Waals surface area (Å²) >= 11 is 0. The number of nitrogens with one attached hydrogen (secondary N) is 2. The third-order valence-corrected chi connectivity index (χ3v) is 1.38. The van der Waals surface area contributed by atoms with Gasteiger partial charge in [-0.05, 0) is 0 Å². The lowest BCUT2D eigenvalue weighted by molar-refractivity contribution is 0.253. The summed E-state index contributed by atoms with van der Waals surface area (Å²) in [6.07, 6.45) is 5.75. The minimum Gasteiger partial charge on any atom is -0.276 e. The number of nitrogens with zero attached hydrogens (tertiary/aromatic N) is 4. The molecule has 0 aromatic carbocycles. The van der Waals surface area contributed by atoms with Crippen LogP contribution < -0.4 is 5.32 Å². The molecule has 0 fully saturated rings. The van der Waals surface area contributed by atoms with Crippen molar-refractivity contribution in [1.82, 2.24) is 24.7 Å². The first kappa shape index (κ1) is 7.47. The number of hydrogen-bond acceptors (Lipinski definition) is 4. The quantitative estimate of drug-likeness (QED) is 0.647. The topological polar surface area (TPSA) is 88.5 Å². The molecule has 13 heavy (non-hydrogen) atoms. The monoisotopic (exact) mass is 178 g/mol. The summed E-state index contributed by atoms with van der Waals surface area (Å²) in [4.78, 5) is 18.8. The highest BCUT2D eigenvalue weighted by Crippen LogP contribution is 1.94. The number of rotatable bonds is 1. The fourth-order valence-electron chi connectivity index (χ4n) is 0.811. The van der Waals surface area contributed by atoms with Gasteiger partial charge in [-0.25, -0.2) is 14.9 Å². The Morgan fingerprint density at radius 2 is 2.54 bits per heavy atom. The van der Waals surface area contributed by atoms with Crippen LogP contribution >= 0.6 is 0 Å². The van der Waals surface area contributed by atoms with Gasteiger partial charge in [-0.3, -0.25) is 9.88 Å². The molecule has 0 spiro atoms. The van der Waals surface area contributed by atoms with Crippen LogP contribution in [0.15, 0.2) is 25.0 Å². The van der Waals surface area contributed by atoms with Crippen molar-refractivity contribution in [2.24, 2.45) is 0 Å². The van der Waals surface area contributed by atoms with Gasteiger partial charge in [-0.15, -0.1) is 0 Å². The van der Waals surface area contributed by atoms with Gasteiger partial charge in [0.2, 0.25) is 5.95 Å². The highest BCUT2D eigenvalue weighted by Gasteiger charge is 2.04. The molecule has 2 heterocycles. The third-order valence-electron chi connectivity index (χ3n) is 1.38.